The van der Waals surface area contributed by atoms with Crippen LogP contribution in [0.3, 0.4) is 0 Å². The summed E-state index contributed by atoms with van der Waals surface area (Å²) in [6.45, 7) is 0. The van der Waals surface area contributed by atoms with Gasteiger partial charge in [0.2, 0.25) is 0 Å². The molecule has 7 heavy (non-hydrogen) atoms. The fourth-order valence-corrected chi connectivity index (χ4v) is 0.0816. The summed E-state index contributed by atoms with van der Waals surface area (Å²) < 4.78 is 0. The molecule has 44 valence electrons. The van der Waals surface area contributed by atoms with Gasteiger partial charge in [0.25, 0.3) is 0 Å². The number of hydrogen-bond acceptors (Lipinski definition) is 4. The molecule has 0 heterocycles. The molecule has 6 heteroatoms. The first-order valence-electron chi connectivity index (χ1n) is 1.44. The van der Waals surface area contributed by atoms with Gasteiger partial charge in [-0.2, -0.15) is 0 Å². The van der Waals surface area contributed by atoms with Crippen LogP contribution < -0.4 is 0 Å². The summed E-state index contributed by atoms with van der Waals surface area (Å²) in [5.74, 6) is 12.5. The lowest BCUT2D eigenvalue weighted by atomic mass is 11.7. The number of rotatable bonds is 2. The predicted octanol–water partition coefficient (Wildman–Crippen LogP) is 0.390. The molecule has 0 atom stereocenters. The van der Waals surface area contributed by atoms with E-state index in [0.29, 0.717) is 0 Å². The quantitative estimate of drug-likeness (QED) is 0.516. The first-order chi connectivity index (χ1) is 3.18. The number of nitrogens with zero attached hydrogens (tertiary/aromatic N) is 2. The maximum absolute atomic E-state index is 8.10. The maximum Gasteiger partial charge on any atom is 0.0615 e. The summed E-state index contributed by atoms with van der Waals surface area (Å²) in [6, 6.07) is 0. The van der Waals surface area contributed by atoms with Gasteiger partial charge in [0.05, 0.1) is 7.11 Å². The number of nitrogens with one attached hydrogen (secondary N) is 2. The van der Waals surface area contributed by atoms with Crippen LogP contribution in [0, 0.1) is 0 Å². The monoisotopic (exact) mass is 106 g/mol. The van der Waals surface area contributed by atoms with Gasteiger partial charge in [-0.1, -0.05) is 0 Å². The van der Waals surface area contributed by atoms with E-state index in [9.17, 15) is 0 Å². The van der Waals surface area contributed by atoms with Crippen LogP contribution in [0.5, 0.6) is 0 Å². The predicted molar refractivity (Wildman–Crippen MR) is 21.1 cm³/mol. The van der Waals surface area contributed by atoms with Crippen LogP contribution in [0.1, 0.15) is 0 Å². The summed E-state index contributed by atoms with van der Waals surface area (Å²) in [4.78, 5) is 3.95. The first-order valence-corrected chi connectivity index (χ1v) is 1.44. The third-order valence-electron chi connectivity index (χ3n) is 0.334. The molecule has 6 nitrogen and oxygen atoms in total. The van der Waals surface area contributed by atoms with Crippen molar-refractivity contribution in [1.29, 1.82) is 0 Å². The Kier molecular flexibility index (Phi) is 2.76. The highest BCUT2D eigenvalue weighted by Gasteiger charge is 1.82. The van der Waals surface area contributed by atoms with Gasteiger partial charge in [0, 0.05) is 0 Å². The van der Waals surface area contributed by atoms with E-state index in [-0.39, 0.29) is 10.6 Å². The summed E-state index contributed by atoms with van der Waals surface area (Å²) in [5.41, 5.74) is 0. The Morgan fingerprint density at radius 2 is 2.00 bits per heavy atom. The SMILES string of the molecule is CON(O)N([NH-])[NH-]. The Morgan fingerprint density at radius 1 is 1.57 bits per heavy atom. The molecule has 0 unspecified atom stereocenters. The molecule has 3 N–H and O–H groups in total. The van der Waals surface area contributed by atoms with Gasteiger partial charge in [-0.05, 0) is 5.34 Å². The highest BCUT2D eigenvalue weighted by atomic mass is 16.9. The van der Waals surface area contributed by atoms with Crippen molar-refractivity contribution < 1.29 is 10.0 Å². The molecule has 0 radical (unpaired) electrons. The van der Waals surface area contributed by atoms with Crippen molar-refractivity contribution in [3.63, 3.8) is 0 Å². The van der Waals surface area contributed by atoms with E-state index in [2.05, 4.69) is 4.84 Å². The molecule has 0 saturated heterocycles. The average Bonchev–Trinajstić information content (AvgIpc) is 1.65. The normalized spacial score (nSPS) is 11.1. The van der Waals surface area contributed by atoms with Crippen LogP contribution in [0.4, 0.5) is 0 Å². The van der Waals surface area contributed by atoms with Gasteiger partial charge in [-0.3, -0.25) is 10.0 Å². The van der Waals surface area contributed by atoms with Crippen LogP contribution in [0.2, 0.25) is 0 Å². The van der Waals surface area contributed by atoms with Gasteiger partial charge in [0.1, 0.15) is 0 Å². The van der Waals surface area contributed by atoms with Crippen molar-refractivity contribution in [1.82, 2.24) is 10.6 Å². The van der Waals surface area contributed by atoms with Crippen LogP contribution >= 0.6 is 0 Å². The highest BCUT2D eigenvalue weighted by Crippen LogP contribution is 1.88. The molecule has 0 aromatic heterocycles. The second kappa shape index (κ2) is 2.86. The minimum Gasteiger partial charge on any atom is -0.611 e. The summed E-state index contributed by atoms with van der Waals surface area (Å²) in [5, 5.41) is 7.94. The minimum atomic E-state index is -0.111. The standard InChI is InChI=1S/CH6N4O2/c1-7-5(6)4(2)3/h2-3,6H,1H3/q-2. The minimum absolute atomic E-state index is 0.0417. The van der Waals surface area contributed by atoms with E-state index < -0.39 is 0 Å². The highest BCUT2D eigenvalue weighted by molar-refractivity contribution is 4.37. The van der Waals surface area contributed by atoms with E-state index in [1.807, 2.05) is 0 Å². The van der Waals surface area contributed by atoms with E-state index in [0.717, 1.165) is 7.11 Å². The van der Waals surface area contributed by atoms with Crippen LogP contribution in [-0.2, 0) is 4.84 Å². The molecule has 0 aliphatic rings. The fraction of sp³-hybridized carbons (Fsp3) is 1.00. The topological polar surface area (TPSA) is 83.5 Å². The van der Waals surface area contributed by atoms with Gasteiger partial charge >= 0.3 is 0 Å². The third-order valence-corrected chi connectivity index (χ3v) is 0.334. The zero-order valence-corrected chi connectivity index (χ0v) is 3.75. The zero-order valence-electron chi connectivity index (χ0n) is 3.75. The lowest BCUT2D eigenvalue weighted by Gasteiger charge is -2.35. The molecule has 0 aromatic rings. The number of hydrazine groups is 1. The lowest BCUT2D eigenvalue weighted by Crippen LogP contribution is -2.27. The van der Waals surface area contributed by atoms with E-state index in [4.69, 9.17) is 16.9 Å². The van der Waals surface area contributed by atoms with Crippen molar-refractivity contribution >= 4 is 0 Å². The number of hydrogen-bond donors (Lipinski definition) is 1. The molecule has 0 aromatic carbocycles. The Labute approximate surface area is 40.7 Å². The van der Waals surface area contributed by atoms with Crippen molar-refractivity contribution in [2.75, 3.05) is 7.11 Å². The Hall–Kier alpha value is -0.240. The molecule has 0 bridgehead atoms. The molecule has 0 aliphatic heterocycles. The second-order valence-electron chi connectivity index (χ2n) is 0.747. The molecule has 0 amide bonds. The molecule has 0 rings (SSSR count). The summed E-state index contributed by atoms with van der Waals surface area (Å²) >= 11 is 0. The smallest absolute Gasteiger partial charge is 0.0615 e. The van der Waals surface area contributed by atoms with Crippen LogP contribution in [0.25, 0.3) is 11.7 Å². The van der Waals surface area contributed by atoms with Crippen LogP contribution in [0.15, 0.2) is 0 Å². The van der Waals surface area contributed by atoms with Gasteiger partial charge < -0.3 is 16.9 Å². The van der Waals surface area contributed by atoms with Crippen molar-refractivity contribution in [3.05, 3.63) is 11.7 Å². The Morgan fingerprint density at radius 3 is 2.00 bits per heavy atom. The molecule has 0 fully saturated rings. The molecule has 0 spiro atoms. The van der Waals surface area contributed by atoms with Gasteiger partial charge in [-0.15, -0.1) is 0 Å². The van der Waals surface area contributed by atoms with E-state index in [1.165, 1.54) is 0 Å². The summed E-state index contributed by atoms with van der Waals surface area (Å²) in [7, 11) is 1.14. The molecular formula is CH6N4O2-2. The third kappa shape index (κ3) is 2.45. The first kappa shape index (κ1) is 6.76. The second-order valence-corrected chi connectivity index (χ2v) is 0.747. The van der Waals surface area contributed by atoms with Gasteiger partial charge in [0.15, 0.2) is 0 Å². The summed E-state index contributed by atoms with van der Waals surface area (Å²) in [6.07, 6.45) is 0. The Bertz CT molecular complexity index is 47.0. The molecule has 0 saturated carbocycles. The van der Waals surface area contributed by atoms with Crippen molar-refractivity contribution in [2.45, 2.75) is 0 Å². The Balaban J connectivity index is 3.14. The lowest BCUT2D eigenvalue weighted by molar-refractivity contribution is -0.406. The van der Waals surface area contributed by atoms with E-state index in [1.54, 1.807) is 0 Å². The average molecular weight is 106 g/mol. The maximum atomic E-state index is 8.10. The molecule has 0 aliphatic carbocycles. The van der Waals surface area contributed by atoms with Gasteiger partial charge in [-0.25, -0.2) is 0 Å². The van der Waals surface area contributed by atoms with E-state index >= 15 is 0 Å². The zero-order chi connectivity index (χ0) is 5.86. The van der Waals surface area contributed by atoms with Crippen molar-refractivity contribution in [3.8, 4) is 0 Å². The molecular weight excluding hydrogens is 100 g/mol. The largest absolute Gasteiger partial charge is 0.611 e. The fourth-order valence-electron chi connectivity index (χ4n) is 0.0816. The van der Waals surface area contributed by atoms with Crippen molar-refractivity contribution in [2.24, 2.45) is 0 Å². The van der Waals surface area contributed by atoms with Crippen LogP contribution in [-0.4, -0.2) is 22.9 Å².